The van der Waals surface area contributed by atoms with Crippen molar-refractivity contribution in [3.8, 4) is 0 Å². The number of nitrogens with zero attached hydrogens (tertiary/aromatic N) is 1. The van der Waals surface area contributed by atoms with Gasteiger partial charge in [0.1, 0.15) is 6.10 Å². The summed E-state index contributed by atoms with van der Waals surface area (Å²) in [4.78, 5) is 36.2. The van der Waals surface area contributed by atoms with Crippen LogP contribution in [0.2, 0.25) is 0 Å². The number of ether oxygens (including phenoxy) is 3. The van der Waals surface area contributed by atoms with Gasteiger partial charge in [-0.2, -0.15) is 0 Å². The van der Waals surface area contributed by atoms with Crippen molar-refractivity contribution in [1.29, 1.82) is 0 Å². The molecule has 22 heavy (non-hydrogen) atoms. The number of rotatable bonds is 9. The Morgan fingerprint density at radius 3 is 2.05 bits per heavy atom. The van der Waals surface area contributed by atoms with Crippen LogP contribution in [0.1, 0.15) is 40.5 Å². The second kappa shape index (κ2) is 10.2. The molecule has 0 aromatic carbocycles. The molecule has 0 radical (unpaired) electrons. The molecule has 0 aromatic heterocycles. The highest BCUT2D eigenvalue weighted by molar-refractivity contribution is 5.73. The van der Waals surface area contributed by atoms with Crippen LogP contribution in [-0.4, -0.2) is 55.8 Å². The maximum absolute atomic E-state index is 11.8. The molecule has 0 spiro atoms. The molecular weight excluding hydrogens is 290 g/mol. The number of carbonyl (C=O) groups excluding carboxylic acids is 3. The number of esters is 3. The Bertz CT molecular complexity index is 380. The molecule has 0 saturated heterocycles. The summed E-state index contributed by atoms with van der Waals surface area (Å²) < 4.78 is 15.0. The van der Waals surface area contributed by atoms with Crippen LogP contribution in [0.3, 0.4) is 0 Å². The van der Waals surface area contributed by atoms with Gasteiger partial charge in [0.25, 0.3) is 0 Å². The summed E-state index contributed by atoms with van der Waals surface area (Å²) in [5, 5.41) is 0. The quantitative estimate of drug-likeness (QED) is 0.469. The average molecular weight is 317 g/mol. The summed E-state index contributed by atoms with van der Waals surface area (Å²) in [5.41, 5.74) is 0. The first-order chi connectivity index (χ1) is 10.1. The van der Waals surface area contributed by atoms with Crippen molar-refractivity contribution in [2.45, 2.75) is 52.9 Å². The van der Waals surface area contributed by atoms with E-state index < -0.39 is 30.3 Å². The minimum atomic E-state index is -0.964. The molecule has 0 heterocycles. The van der Waals surface area contributed by atoms with Crippen LogP contribution in [0.4, 0.5) is 0 Å². The molecule has 7 nitrogen and oxygen atoms in total. The van der Waals surface area contributed by atoms with Crippen LogP contribution in [-0.2, 0) is 28.6 Å². The maximum Gasteiger partial charge on any atom is 0.312 e. The van der Waals surface area contributed by atoms with Crippen molar-refractivity contribution >= 4 is 17.9 Å². The Balaban J connectivity index is 4.36. The molecule has 7 heteroatoms. The van der Waals surface area contributed by atoms with Crippen molar-refractivity contribution in [2.24, 2.45) is 5.92 Å². The Morgan fingerprint density at radius 1 is 1.00 bits per heavy atom. The highest BCUT2D eigenvalue weighted by atomic mass is 16.7. The van der Waals surface area contributed by atoms with Crippen LogP contribution in [0.25, 0.3) is 0 Å². The van der Waals surface area contributed by atoms with Crippen molar-refractivity contribution in [3.05, 3.63) is 0 Å². The summed E-state index contributed by atoms with van der Waals surface area (Å²) in [6.07, 6.45) is -1.08. The maximum atomic E-state index is 11.8. The van der Waals surface area contributed by atoms with Gasteiger partial charge in [-0.05, 0) is 20.5 Å². The lowest BCUT2D eigenvalue weighted by Crippen LogP contribution is -2.29. The lowest BCUT2D eigenvalue weighted by atomic mass is 10.2. The molecule has 0 bridgehead atoms. The zero-order valence-electron chi connectivity index (χ0n) is 14.3. The largest absolute Gasteiger partial charge is 0.462 e. The van der Waals surface area contributed by atoms with E-state index in [-0.39, 0.29) is 12.3 Å². The molecule has 0 aromatic rings. The highest BCUT2D eigenvalue weighted by Gasteiger charge is 2.21. The molecule has 0 aliphatic rings. The second-order valence-corrected chi connectivity index (χ2v) is 5.68. The summed E-state index contributed by atoms with van der Waals surface area (Å²) in [6.45, 7) is 6.81. The fraction of sp³-hybridized carbons (Fsp3) is 0.800. The Kier molecular flexibility index (Phi) is 9.40. The van der Waals surface area contributed by atoms with Crippen molar-refractivity contribution in [1.82, 2.24) is 4.90 Å². The molecule has 0 aliphatic carbocycles. The molecular formula is C15H27NO6. The predicted octanol–water partition coefficient (Wildman–Crippen LogP) is 1.35. The van der Waals surface area contributed by atoms with Gasteiger partial charge in [0, 0.05) is 20.4 Å². The molecule has 128 valence electrons. The fourth-order valence-corrected chi connectivity index (χ4v) is 1.58. The lowest BCUT2D eigenvalue weighted by Gasteiger charge is -2.20. The highest BCUT2D eigenvalue weighted by Crippen LogP contribution is 2.09. The van der Waals surface area contributed by atoms with E-state index in [1.807, 2.05) is 19.0 Å². The Hall–Kier alpha value is -1.63. The van der Waals surface area contributed by atoms with Gasteiger partial charge in [-0.3, -0.25) is 14.4 Å². The third-order valence-corrected chi connectivity index (χ3v) is 2.68. The normalized spacial score (nSPS) is 13.6. The SMILES string of the molecule is CC(=O)O[C@@H](CCN(C)C)CC(=O)OC(C)OC(=O)C(C)C. The molecule has 0 N–H and O–H groups in total. The summed E-state index contributed by atoms with van der Waals surface area (Å²) >= 11 is 0. The van der Waals surface area contributed by atoms with E-state index in [1.165, 1.54) is 13.8 Å². The Labute approximate surface area is 131 Å². The summed E-state index contributed by atoms with van der Waals surface area (Å²) in [6, 6.07) is 0. The monoisotopic (exact) mass is 317 g/mol. The fourth-order valence-electron chi connectivity index (χ4n) is 1.58. The van der Waals surface area contributed by atoms with Crippen molar-refractivity contribution in [2.75, 3.05) is 20.6 Å². The minimum absolute atomic E-state index is 0.0724. The third kappa shape index (κ3) is 10.1. The molecule has 1 unspecified atom stereocenters. The third-order valence-electron chi connectivity index (χ3n) is 2.68. The van der Waals surface area contributed by atoms with Crippen molar-refractivity contribution in [3.63, 3.8) is 0 Å². The summed E-state index contributed by atoms with van der Waals surface area (Å²) in [7, 11) is 3.77. The second-order valence-electron chi connectivity index (χ2n) is 5.68. The zero-order valence-corrected chi connectivity index (χ0v) is 14.3. The smallest absolute Gasteiger partial charge is 0.312 e. The van der Waals surface area contributed by atoms with E-state index in [9.17, 15) is 14.4 Å². The first-order valence-corrected chi connectivity index (χ1v) is 7.33. The predicted molar refractivity (Wildman–Crippen MR) is 79.8 cm³/mol. The standard InChI is InChI=1S/C15H27NO6/c1-10(2)15(19)22-12(4)21-14(18)9-13(20-11(3)17)7-8-16(5)6/h10,12-13H,7-9H2,1-6H3/t12?,13-/m0/s1. The van der Waals surface area contributed by atoms with Gasteiger partial charge >= 0.3 is 17.9 Å². The van der Waals surface area contributed by atoms with Gasteiger partial charge in [-0.15, -0.1) is 0 Å². The van der Waals surface area contributed by atoms with Crippen LogP contribution in [0.15, 0.2) is 0 Å². The van der Waals surface area contributed by atoms with E-state index in [0.29, 0.717) is 13.0 Å². The lowest BCUT2D eigenvalue weighted by molar-refractivity contribution is -0.188. The van der Waals surface area contributed by atoms with Gasteiger partial charge < -0.3 is 19.1 Å². The van der Waals surface area contributed by atoms with E-state index in [0.717, 1.165) is 0 Å². The molecule has 2 atom stereocenters. The summed E-state index contributed by atoms with van der Waals surface area (Å²) in [5.74, 6) is -1.76. The van der Waals surface area contributed by atoms with Crippen LogP contribution in [0, 0.1) is 5.92 Å². The number of hydrogen-bond donors (Lipinski definition) is 0. The van der Waals surface area contributed by atoms with Gasteiger partial charge in [0.2, 0.25) is 6.29 Å². The molecule has 0 amide bonds. The van der Waals surface area contributed by atoms with Crippen LogP contribution < -0.4 is 0 Å². The molecule has 0 rings (SSSR count). The van der Waals surface area contributed by atoms with Gasteiger partial charge in [0.05, 0.1) is 12.3 Å². The van der Waals surface area contributed by atoms with Crippen molar-refractivity contribution < 1.29 is 28.6 Å². The topological polar surface area (TPSA) is 82.1 Å². The average Bonchev–Trinajstić information content (AvgIpc) is 2.34. The van der Waals surface area contributed by atoms with Gasteiger partial charge in [-0.25, -0.2) is 0 Å². The van der Waals surface area contributed by atoms with E-state index >= 15 is 0 Å². The van der Waals surface area contributed by atoms with Gasteiger partial charge in [0.15, 0.2) is 0 Å². The molecule has 0 fully saturated rings. The minimum Gasteiger partial charge on any atom is -0.462 e. The van der Waals surface area contributed by atoms with E-state index in [2.05, 4.69) is 0 Å². The number of carbonyl (C=O) groups is 3. The molecule has 0 aliphatic heterocycles. The Morgan fingerprint density at radius 2 is 1.59 bits per heavy atom. The van der Waals surface area contributed by atoms with Gasteiger partial charge in [-0.1, -0.05) is 13.8 Å². The first-order valence-electron chi connectivity index (χ1n) is 7.33. The van der Waals surface area contributed by atoms with Crippen LogP contribution >= 0.6 is 0 Å². The first kappa shape index (κ1) is 20.4. The van der Waals surface area contributed by atoms with E-state index in [4.69, 9.17) is 14.2 Å². The zero-order chi connectivity index (χ0) is 17.3. The molecule has 0 saturated carbocycles. The number of hydrogen-bond acceptors (Lipinski definition) is 7. The van der Waals surface area contributed by atoms with Crippen LogP contribution in [0.5, 0.6) is 0 Å². The van der Waals surface area contributed by atoms with E-state index in [1.54, 1.807) is 13.8 Å².